The van der Waals surface area contributed by atoms with Gasteiger partial charge in [0.1, 0.15) is 5.82 Å². The highest BCUT2D eigenvalue weighted by molar-refractivity contribution is 5.64. The predicted molar refractivity (Wildman–Crippen MR) is 97.0 cm³/mol. The Bertz CT molecular complexity index is 901. The lowest BCUT2D eigenvalue weighted by Gasteiger charge is -2.35. The summed E-state index contributed by atoms with van der Waals surface area (Å²) in [5.41, 5.74) is 4.96. The van der Waals surface area contributed by atoms with Crippen LogP contribution < -0.4 is 0 Å². The van der Waals surface area contributed by atoms with Gasteiger partial charge in [0.2, 0.25) is 0 Å². The molecule has 6 heteroatoms. The van der Waals surface area contributed by atoms with E-state index in [2.05, 4.69) is 20.3 Å². The van der Waals surface area contributed by atoms with Crippen molar-refractivity contribution in [3.63, 3.8) is 0 Å². The third-order valence-electron chi connectivity index (χ3n) is 5.29. The number of aromatic amines is 1. The SMILES string of the molecule is Cc1noc(-c2cn[nH]c2[C@@H]2CCCCN2Cc2cccc(F)c2)c1C. The first-order valence-electron chi connectivity index (χ1n) is 9.08. The molecule has 1 atom stereocenters. The fraction of sp³-hybridized carbons (Fsp3) is 0.400. The average molecular weight is 354 g/mol. The highest BCUT2D eigenvalue weighted by Crippen LogP contribution is 2.37. The third-order valence-corrected chi connectivity index (χ3v) is 5.29. The second-order valence-corrected chi connectivity index (χ2v) is 7.03. The van der Waals surface area contributed by atoms with Crippen LogP contribution in [0.2, 0.25) is 0 Å². The number of nitrogens with one attached hydrogen (secondary N) is 1. The normalized spacial score (nSPS) is 18.3. The molecule has 26 heavy (non-hydrogen) atoms. The monoisotopic (exact) mass is 354 g/mol. The maximum absolute atomic E-state index is 13.6. The molecular formula is C20H23FN4O. The summed E-state index contributed by atoms with van der Waals surface area (Å²) in [5.74, 6) is 0.591. The van der Waals surface area contributed by atoms with Gasteiger partial charge in [0.15, 0.2) is 5.76 Å². The molecule has 0 saturated carbocycles. The van der Waals surface area contributed by atoms with Gasteiger partial charge in [-0.05, 0) is 50.9 Å². The minimum Gasteiger partial charge on any atom is -0.356 e. The van der Waals surface area contributed by atoms with Crippen LogP contribution in [0.4, 0.5) is 4.39 Å². The second kappa shape index (κ2) is 7.03. The third kappa shape index (κ3) is 3.17. The first-order chi connectivity index (χ1) is 12.6. The Morgan fingerprint density at radius 1 is 1.31 bits per heavy atom. The van der Waals surface area contributed by atoms with Gasteiger partial charge in [-0.1, -0.05) is 23.7 Å². The molecule has 1 N–H and O–H groups in total. The van der Waals surface area contributed by atoms with E-state index in [1.165, 1.54) is 6.07 Å². The van der Waals surface area contributed by atoms with Crippen LogP contribution in [-0.4, -0.2) is 26.8 Å². The van der Waals surface area contributed by atoms with E-state index < -0.39 is 0 Å². The van der Waals surface area contributed by atoms with Crippen LogP contribution in [0.5, 0.6) is 0 Å². The summed E-state index contributed by atoms with van der Waals surface area (Å²) < 4.78 is 19.1. The molecule has 4 rings (SSSR count). The number of halogens is 1. The van der Waals surface area contributed by atoms with E-state index in [0.717, 1.165) is 66.2 Å². The Labute approximate surface area is 152 Å². The van der Waals surface area contributed by atoms with Crippen molar-refractivity contribution < 1.29 is 8.91 Å². The van der Waals surface area contributed by atoms with Gasteiger partial charge in [0.05, 0.1) is 29.2 Å². The Morgan fingerprint density at radius 3 is 2.96 bits per heavy atom. The van der Waals surface area contributed by atoms with Gasteiger partial charge < -0.3 is 4.52 Å². The lowest BCUT2D eigenvalue weighted by Crippen LogP contribution is -2.33. The largest absolute Gasteiger partial charge is 0.356 e. The van der Waals surface area contributed by atoms with E-state index in [4.69, 9.17) is 4.52 Å². The molecule has 1 aliphatic heterocycles. The molecule has 0 radical (unpaired) electrons. The molecule has 3 heterocycles. The zero-order chi connectivity index (χ0) is 18.1. The number of likely N-dealkylation sites (tertiary alicyclic amines) is 1. The second-order valence-electron chi connectivity index (χ2n) is 7.03. The minimum absolute atomic E-state index is 0.189. The molecule has 136 valence electrons. The number of benzene rings is 1. The lowest BCUT2D eigenvalue weighted by molar-refractivity contribution is 0.137. The Morgan fingerprint density at radius 2 is 2.19 bits per heavy atom. The number of aromatic nitrogens is 3. The van der Waals surface area contributed by atoms with Crippen LogP contribution in [0.1, 0.15) is 47.8 Å². The Kier molecular flexibility index (Phi) is 4.59. The van der Waals surface area contributed by atoms with E-state index in [-0.39, 0.29) is 11.9 Å². The van der Waals surface area contributed by atoms with E-state index in [9.17, 15) is 4.39 Å². The number of H-pyrrole nitrogens is 1. The van der Waals surface area contributed by atoms with Crippen molar-refractivity contribution in [3.05, 3.63) is 58.8 Å². The molecular weight excluding hydrogens is 331 g/mol. The van der Waals surface area contributed by atoms with Crippen molar-refractivity contribution in [2.45, 2.75) is 45.7 Å². The summed E-state index contributed by atoms with van der Waals surface area (Å²) in [6, 6.07) is 7.05. The average Bonchev–Trinajstić information content (AvgIpc) is 3.23. The smallest absolute Gasteiger partial charge is 0.173 e. The zero-order valence-corrected chi connectivity index (χ0v) is 15.1. The van der Waals surface area contributed by atoms with Gasteiger partial charge in [-0.2, -0.15) is 5.10 Å². The van der Waals surface area contributed by atoms with Gasteiger partial charge in [0, 0.05) is 12.1 Å². The molecule has 5 nitrogen and oxygen atoms in total. The molecule has 0 amide bonds. The van der Waals surface area contributed by atoms with Crippen LogP contribution in [0.15, 0.2) is 35.0 Å². The predicted octanol–water partition coefficient (Wildman–Crippen LogP) is 4.55. The van der Waals surface area contributed by atoms with E-state index in [1.54, 1.807) is 12.1 Å². The van der Waals surface area contributed by atoms with Crippen molar-refractivity contribution in [3.8, 4) is 11.3 Å². The van der Waals surface area contributed by atoms with E-state index in [0.29, 0.717) is 0 Å². The number of hydrogen-bond acceptors (Lipinski definition) is 4. The quantitative estimate of drug-likeness (QED) is 0.747. The molecule has 0 aliphatic carbocycles. The van der Waals surface area contributed by atoms with Crippen LogP contribution >= 0.6 is 0 Å². The van der Waals surface area contributed by atoms with Crippen molar-refractivity contribution >= 4 is 0 Å². The van der Waals surface area contributed by atoms with Gasteiger partial charge in [0.25, 0.3) is 0 Å². The fourth-order valence-corrected chi connectivity index (χ4v) is 3.77. The van der Waals surface area contributed by atoms with Crippen LogP contribution in [0.3, 0.4) is 0 Å². The van der Waals surface area contributed by atoms with Crippen molar-refractivity contribution in [2.75, 3.05) is 6.54 Å². The number of piperidine rings is 1. The summed E-state index contributed by atoms with van der Waals surface area (Å²) in [5, 5.41) is 11.5. The number of nitrogens with zero attached hydrogens (tertiary/aromatic N) is 3. The molecule has 0 spiro atoms. The van der Waals surface area contributed by atoms with Crippen LogP contribution in [-0.2, 0) is 6.54 Å². The lowest BCUT2D eigenvalue weighted by atomic mass is 9.95. The summed E-state index contributed by atoms with van der Waals surface area (Å²) in [7, 11) is 0. The number of aryl methyl sites for hydroxylation is 1. The maximum atomic E-state index is 13.6. The van der Waals surface area contributed by atoms with Gasteiger partial charge in [-0.25, -0.2) is 4.39 Å². The van der Waals surface area contributed by atoms with Crippen molar-refractivity contribution in [1.82, 2.24) is 20.3 Å². The molecule has 1 aromatic carbocycles. The topological polar surface area (TPSA) is 58.0 Å². The maximum Gasteiger partial charge on any atom is 0.173 e. The first-order valence-corrected chi connectivity index (χ1v) is 9.08. The molecule has 1 saturated heterocycles. The summed E-state index contributed by atoms with van der Waals surface area (Å²) in [4.78, 5) is 2.40. The first kappa shape index (κ1) is 17.0. The molecule has 2 aromatic heterocycles. The minimum atomic E-state index is -0.189. The molecule has 0 unspecified atom stereocenters. The van der Waals surface area contributed by atoms with Gasteiger partial charge in [-0.15, -0.1) is 0 Å². The standard InChI is InChI=1S/C20H23FN4O/c1-13-14(2)24-26-20(13)17-11-22-23-19(17)18-8-3-4-9-25(18)12-15-6-5-7-16(21)10-15/h5-7,10-11,18H,3-4,8-9,12H2,1-2H3,(H,22,23)/t18-/m0/s1. The van der Waals surface area contributed by atoms with E-state index in [1.807, 2.05) is 26.1 Å². The number of hydrogen-bond donors (Lipinski definition) is 1. The van der Waals surface area contributed by atoms with Crippen LogP contribution in [0.25, 0.3) is 11.3 Å². The molecule has 3 aromatic rings. The Hall–Kier alpha value is -2.47. The number of rotatable bonds is 4. The fourth-order valence-electron chi connectivity index (χ4n) is 3.77. The molecule has 1 aliphatic rings. The summed E-state index contributed by atoms with van der Waals surface area (Å²) >= 11 is 0. The highest BCUT2D eigenvalue weighted by atomic mass is 19.1. The van der Waals surface area contributed by atoms with Gasteiger partial charge >= 0.3 is 0 Å². The highest BCUT2D eigenvalue weighted by Gasteiger charge is 2.29. The zero-order valence-electron chi connectivity index (χ0n) is 15.1. The van der Waals surface area contributed by atoms with Gasteiger partial charge in [-0.3, -0.25) is 10.00 Å². The van der Waals surface area contributed by atoms with Crippen molar-refractivity contribution in [2.24, 2.45) is 0 Å². The molecule has 1 fully saturated rings. The summed E-state index contributed by atoms with van der Waals surface area (Å²) in [6.45, 7) is 5.66. The van der Waals surface area contributed by atoms with Crippen LogP contribution in [0, 0.1) is 19.7 Å². The van der Waals surface area contributed by atoms with E-state index >= 15 is 0 Å². The summed E-state index contributed by atoms with van der Waals surface area (Å²) in [6.07, 6.45) is 5.17. The molecule has 0 bridgehead atoms. The van der Waals surface area contributed by atoms with Crippen molar-refractivity contribution in [1.29, 1.82) is 0 Å². The Balaban J connectivity index is 1.65.